The van der Waals surface area contributed by atoms with Crippen LogP contribution in [0.2, 0.25) is 11.6 Å². The summed E-state index contributed by atoms with van der Waals surface area (Å²) < 4.78 is 6.58. The molecular weight excluding hydrogens is 595 g/mol. The number of anilines is 2. The predicted molar refractivity (Wildman–Crippen MR) is 208 cm³/mol. The number of rotatable bonds is 4. The molecule has 2 fully saturated rings. The highest BCUT2D eigenvalue weighted by Gasteiger charge is 2.47. The average Bonchev–Trinajstić information content (AvgIpc) is 3.45. The summed E-state index contributed by atoms with van der Waals surface area (Å²) in [5.74, 6) is 2.31. The number of benzene rings is 2. The summed E-state index contributed by atoms with van der Waals surface area (Å²) in [5, 5.41) is 3.95. The Kier molecular flexibility index (Phi) is 8.25. The molecule has 0 bridgehead atoms. The number of allylic oxidation sites excluding steroid dienone is 10. The van der Waals surface area contributed by atoms with E-state index in [2.05, 4.69) is 166 Å². The van der Waals surface area contributed by atoms with E-state index in [1.807, 2.05) is 0 Å². The smallest absolute Gasteiger partial charge is 0.144 e. The van der Waals surface area contributed by atoms with E-state index < -0.39 is 0 Å². The maximum absolute atomic E-state index is 6.58. The maximum atomic E-state index is 6.58. The van der Waals surface area contributed by atoms with Gasteiger partial charge in [0.2, 0.25) is 0 Å². The van der Waals surface area contributed by atoms with Crippen molar-refractivity contribution in [3.63, 3.8) is 0 Å². The van der Waals surface area contributed by atoms with Crippen LogP contribution in [0.4, 0.5) is 11.4 Å². The van der Waals surface area contributed by atoms with E-state index in [-0.39, 0.29) is 23.5 Å². The highest BCUT2D eigenvalue weighted by Crippen LogP contribution is 2.54. The van der Waals surface area contributed by atoms with Gasteiger partial charge >= 0.3 is 0 Å². The lowest BCUT2D eigenvalue weighted by Gasteiger charge is -2.50. The topological polar surface area (TPSA) is 24.5 Å². The molecule has 2 saturated heterocycles. The molecule has 0 saturated carbocycles. The second-order valence-corrected chi connectivity index (χ2v) is 16.7. The summed E-state index contributed by atoms with van der Waals surface area (Å²) in [6, 6.07) is 20.4. The Morgan fingerprint density at radius 2 is 1.59 bits per heavy atom. The van der Waals surface area contributed by atoms with Crippen LogP contribution in [0.3, 0.4) is 0 Å². The van der Waals surface area contributed by atoms with Crippen molar-refractivity contribution >= 4 is 18.7 Å². The van der Waals surface area contributed by atoms with Crippen molar-refractivity contribution in [1.29, 1.82) is 0 Å². The molecule has 2 aliphatic heterocycles. The molecule has 0 aromatic heterocycles. The first-order valence-corrected chi connectivity index (χ1v) is 18.6. The monoisotopic (exact) mass is 646 g/mol. The Morgan fingerprint density at radius 3 is 2.43 bits per heavy atom. The largest absolute Gasteiger partial charge is 0.485 e. The first kappa shape index (κ1) is 32.1. The lowest BCUT2D eigenvalue weighted by Crippen LogP contribution is -2.48. The number of nitrogens with one attached hydrogen (secondary N) is 1. The summed E-state index contributed by atoms with van der Waals surface area (Å²) in [7, 11) is 1.08. The van der Waals surface area contributed by atoms with Gasteiger partial charge in [-0.3, -0.25) is 0 Å². The van der Waals surface area contributed by atoms with Crippen LogP contribution < -0.4 is 10.2 Å². The fourth-order valence-electron chi connectivity index (χ4n) is 8.92. The van der Waals surface area contributed by atoms with Gasteiger partial charge in [0.15, 0.2) is 0 Å². The molecule has 0 amide bonds. The molecule has 6 atom stereocenters. The Labute approximate surface area is 294 Å². The molecule has 2 heterocycles. The fourth-order valence-corrected chi connectivity index (χ4v) is 8.92. The van der Waals surface area contributed by atoms with Crippen molar-refractivity contribution in [2.24, 2.45) is 16.7 Å². The molecule has 6 unspecified atom stereocenters. The Hall–Kier alpha value is -4.18. The van der Waals surface area contributed by atoms with E-state index in [9.17, 15) is 0 Å². The van der Waals surface area contributed by atoms with Crippen LogP contribution in [-0.4, -0.2) is 19.4 Å². The van der Waals surface area contributed by atoms with Gasteiger partial charge in [-0.05, 0) is 103 Å². The van der Waals surface area contributed by atoms with Crippen LogP contribution >= 0.6 is 0 Å². The van der Waals surface area contributed by atoms with Gasteiger partial charge in [0, 0.05) is 40.2 Å². The van der Waals surface area contributed by atoms with Crippen LogP contribution in [0, 0.1) is 16.7 Å². The Bertz CT molecular complexity index is 1850. The summed E-state index contributed by atoms with van der Waals surface area (Å²) in [4.78, 5) is 2.66. The van der Waals surface area contributed by atoms with Gasteiger partial charge < -0.3 is 15.0 Å². The first-order chi connectivity index (χ1) is 23.6. The van der Waals surface area contributed by atoms with Crippen LogP contribution in [0.25, 0.3) is 0 Å². The van der Waals surface area contributed by atoms with E-state index in [0.29, 0.717) is 23.0 Å². The molecule has 250 valence electrons. The summed E-state index contributed by atoms with van der Waals surface area (Å²) in [6.07, 6.45) is 30.7. The number of hydrogen-bond donors (Lipinski definition) is 1. The number of hydrogen-bond acceptors (Lipinski definition) is 3. The molecule has 8 rings (SSSR count). The van der Waals surface area contributed by atoms with Crippen molar-refractivity contribution in [2.45, 2.75) is 90.0 Å². The maximum Gasteiger partial charge on any atom is 0.144 e. The van der Waals surface area contributed by atoms with Gasteiger partial charge in [-0.1, -0.05) is 112 Å². The third-order valence-corrected chi connectivity index (χ3v) is 11.8. The van der Waals surface area contributed by atoms with Crippen LogP contribution in [-0.2, 0) is 4.74 Å². The zero-order chi connectivity index (χ0) is 33.8. The van der Waals surface area contributed by atoms with Crippen molar-refractivity contribution in [1.82, 2.24) is 0 Å². The Morgan fingerprint density at radius 1 is 0.837 bits per heavy atom. The zero-order valence-corrected chi connectivity index (χ0v) is 29.9. The summed E-state index contributed by atoms with van der Waals surface area (Å²) >= 11 is 0. The molecule has 0 radical (unpaired) electrons. The lowest BCUT2D eigenvalue weighted by atomic mass is 9.43. The van der Waals surface area contributed by atoms with E-state index in [1.165, 1.54) is 52.3 Å². The third-order valence-electron chi connectivity index (χ3n) is 11.8. The normalized spacial score (nSPS) is 32.5. The van der Waals surface area contributed by atoms with Crippen LogP contribution in [0.5, 0.6) is 0 Å². The third kappa shape index (κ3) is 6.36. The van der Waals surface area contributed by atoms with E-state index in [0.717, 1.165) is 25.9 Å². The minimum atomic E-state index is 0.103. The fraction of sp³-hybridized carbons (Fsp3) is 0.378. The average molecular weight is 647 g/mol. The number of fused-ring (bicyclic) bond motifs is 5. The lowest BCUT2D eigenvalue weighted by molar-refractivity contribution is 0.183. The predicted octanol–water partition coefficient (Wildman–Crippen LogP) is 11.0. The van der Waals surface area contributed by atoms with E-state index >= 15 is 0 Å². The second-order valence-electron chi connectivity index (χ2n) is 16.7. The van der Waals surface area contributed by atoms with Crippen LogP contribution in [0.15, 0.2) is 150 Å². The summed E-state index contributed by atoms with van der Waals surface area (Å²) in [6.45, 7) is 12.0. The SMILES string of the molecule is CC1=CC(c2ccccc2NC2=C/CC(C)(C)CCC(C)(C)C/C=C\2)C2BC3C=C4OC5C=CC=CC5C4=CC3N(c3ccccc3)C2=C1. The number of nitrogens with zero attached hydrogens (tertiary/aromatic N) is 1. The van der Waals surface area contributed by atoms with Gasteiger partial charge in [-0.25, -0.2) is 0 Å². The van der Waals surface area contributed by atoms with E-state index in [1.54, 1.807) is 0 Å². The molecule has 2 aromatic rings. The molecule has 4 aliphatic carbocycles. The molecule has 0 spiro atoms. The van der Waals surface area contributed by atoms with Crippen molar-refractivity contribution in [3.05, 3.63) is 155 Å². The van der Waals surface area contributed by atoms with Gasteiger partial charge in [-0.2, -0.15) is 0 Å². The van der Waals surface area contributed by atoms with Crippen LogP contribution in [0.1, 0.15) is 71.8 Å². The highest BCUT2D eigenvalue weighted by molar-refractivity contribution is 6.43. The molecule has 4 heteroatoms. The second kappa shape index (κ2) is 12.6. The molecule has 2 aromatic carbocycles. The minimum Gasteiger partial charge on any atom is -0.485 e. The standard InChI is InChI=1S/C45H51BN2O/c1-30-26-36(33-17-9-11-19-38(33)47-31-14-13-22-44(2,3)24-25-45(4,5)23-21-31)43-40(27-30)48(32-15-7-6-8-16-32)39-28-35-34-18-10-12-20-41(34)49-42(35)29-37(39)46-43/h6-21,26-29,34,36-37,39,41,43,46-47H,22-25H2,1-5H3/b14-13-,31-21+. The van der Waals surface area contributed by atoms with Gasteiger partial charge in [0.05, 0.1) is 6.04 Å². The number of ether oxygens (including phenoxy) is 1. The van der Waals surface area contributed by atoms with Crippen molar-refractivity contribution in [2.75, 3.05) is 10.2 Å². The molecule has 6 aliphatic rings. The molecule has 3 nitrogen and oxygen atoms in total. The minimum absolute atomic E-state index is 0.103. The van der Waals surface area contributed by atoms with Gasteiger partial charge in [-0.15, -0.1) is 0 Å². The molecule has 49 heavy (non-hydrogen) atoms. The number of para-hydroxylation sites is 2. The first-order valence-electron chi connectivity index (χ1n) is 18.6. The zero-order valence-electron chi connectivity index (χ0n) is 29.9. The molecule has 1 N–H and O–H groups in total. The summed E-state index contributed by atoms with van der Waals surface area (Å²) in [5.41, 5.74) is 9.73. The van der Waals surface area contributed by atoms with E-state index in [4.69, 9.17) is 4.74 Å². The van der Waals surface area contributed by atoms with Gasteiger partial charge in [0.25, 0.3) is 0 Å². The molecular formula is C45H51BN2O. The van der Waals surface area contributed by atoms with Crippen molar-refractivity contribution < 1.29 is 4.74 Å². The Balaban J connectivity index is 1.16. The van der Waals surface area contributed by atoms with Crippen molar-refractivity contribution in [3.8, 4) is 0 Å². The van der Waals surface area contributed by atoms with Gasteiger partial charge in [0.1, 0.15) is 19.1 Å². The quantitative estimate of drug-likeness (QED) is 0.335. The highest BCUT2D eigenvalue weighted by atomic mass is 16.5.